The lowest BCUT2D eigenvalue weighted by Crippen LogP contribution is -3.00. The molecule has 1 saturated heterocycles. The van der Waals surface area contributed by atoms with E-state index in [0.717, 1.165) is 25.9 Å². The zero-order valence-electron chi connectivity index (χ0n) is 23.6. The van der Waals surface area contributed by atoms with E-state index in [2.05, 4.69) is 16.7 Å². The molecular weight excluding hydrogens is 654 g/mol. The fourth-order valence-corrected chi connectivity index (χ4v) is 8.44. The molecule has 6 rings (SSSR count). The first kappa shape index (κ1) is 30.9. The monoisotopic (exact) mass is 683 g/mol. The first-order valence-corrected chi connectivity index (χ1v) is 15.5. The number of β-lactam (4-membered cyclic amide) rings is 1. The number of aliphatic hydroxyl groups is 1. The van der Waals surface area contributed by atoms with Crippen molar-refractivity contribution in [1.29, 1.82) is 0 Å². The molecule has 2 aliphatic heterocycles. The Hall–Kier alpha value is -3.52. The summed E-state index contributed by atoms with van der Waals surface area (Å²) < 4.78 is 6.08. The molecule has 0 saturated carbocycles. The van der Waals surface area contributed by atoms with Crippen LogP contribution in [0.1, 0.15) is 40.2 Å². The molecule has 0 spiro atoms. The quantitative estimate of drug-likeness (QED) is 0.117. The summed E-state index contributed by atoms with van der Waals surface area (Å²) in [6.45, 7) is 4.69. The number of pyridine rings is 1. The van der Waals surface area contributed by atoms with Gasteiger partial charge in [0.25, 0.3) is 12.2 Å². The van der Waals surface area contributed by atoms with Crippen LogP contribution < -0.4 is 37.0 Å². The van der Waals surface area contributed by atoms with Gasteiger partial charge >= 0.3 is 0 Å². The van der Waals surface area contributed by atoms with Crippen LogP contribution in [0.2, 0.25) is 0 Å². The molecule has 0 aliphatic carbocycles. The Balaban J connectivity index is 0.00000368. The van der Waals surface area contributed by atoms with Crippen molar-refractivity contribution in [2.45, 2.75) is 44.1 Å². The minimum absolute atomic E-state index is 0. The smallest absolute Gasteiger partial charge is 0.254 e. The van der Waals surface area contributed by atoms with Gasteiger partial charge in [0.1, 0.15) is 18.3 Å². The number of halogens is 1. The van der Waals surface area contributed by atoms with Crippen LogP contribution in [0.5, 0.6) is 0 Å². The summed E-state index contributed by atoms with van der Waals surface area (Å²) in [6, 6.07) is 11.4. The van der Waals surface area contributed by atoms with Gasteiger partial charge in [-0.2, -0.15) is 8.97 Å². The number of aliphatic hydroxyl groups excluding tert-OH is 1. The van der Waals surface area contributed by atoms with Gasteiger partial charge in [0, 0.05) is 23.1 Å². The second kappa shape index (κ2) is 11.9. The van der Waals surface area contributed by atoms with Crippen LogP contribution in [0.4, 0.5) is 0 Å². The number of carboxylic acid groups (broad SMARTS) is 1. The van der Waals surface area contributed by atoms with Gasteiger partial charge in [-0.3, -0.25) is 9.59 Å². The van der Waals surface area contributed by atoms with Crippen LogP contribution >= 0.6 is 23.1 Å². The van der Waals surface area contributed by atoms with E-state index in [0.29, 0.717) is 24.2 Å². The number of nitrogens with two attached hydrogens (primary N) is 1. The number of hydrogen-bond donors (Lipinski definition) is 2. The van der Waals surface area contributed by atoms with E-state index < -0.39 is 29.9 Å². The maximum atomic E-state index is 12.7. The summed E-state index contributed by atoms with van der Waals surface area (Å²) in [5, 5.41) is 23.4. The third-order valence-corrected chi connectivity index (χ3v) is 10.2. The number of rotatable bonds is 9. The van der Waals surface area contributed by atoms with Gasteiger partial charge < -0.3 is 42.6 Å². The van der Waals surface area contributed by atoms with Gasteiger partial charge in [-0.1, -0.05) is 48.2 Å². The third kappa shape index (κ3) is 5.28. The molecule has 1 fully saturated rings. The van der Waals surface area contributed by atoms with Gasteiger partial charge in [-0.05, 0) is 30.9 Å². The molecule has 0 radical (unpaired) electrons. The first-order chi connectivity index (χ1) is 20.1. The standard InChI is InChI=1S/C30H29N5O5S2.BrH/c1-16-22(25(30(39)40)35-24(16)23(17(2)36)27(35)38)21-14-34-15-33(28(41-3)29(34)42-21)12-19-7-4-6-18(10-19)11-32-9-5-8-20(13-32)26(31)37;/h4-10,13-17,23-24,36H,11-12H2,1-3H3,(H-2,31,37,39,40);1H/t16-,17+,23+,24+;/m0./s1. The number of aromatic nitrogens is 3. The van der Waals surface area contributed by atoms with Crippen molar-refractivity contribution < 1.29 is 50.7 Å². The predicted molar refractivity (Wildman–Crippen MR) is 154 cm³/mol. The molecule has 0 bridgehead atoms. The SMILES string of the molecule is CSc1c2sc(C3=C(C(=O)[O-])N4C(=O)[C@H]([C@@H](C)O)[C@H]4[C@H]3C)cn2c[n+]1Cc1cccc(C[n+]2cccc(C(N)=O)c2)c1.[Br-]. The van der Waals surface area contributed by atoms with Crippen molar-refractivity contribution in [3.05, 3.63) is 88.6 Å². The van der Waals surface area contributed by atoms with Crippen molar-refractivity contribution in [3.8, 4) is 0 Å². The number of hydrogen-bond acceptors (Lipinski definition) is 7. The highest BCUT2D eigenvalue weighted by atomic mass is 79.9. The molecule has 43 heavy (non-hydrogen) atoms. The predicted octanol–water partition coefficient (Wildman–Crippen LogP) is -2.18. The van der Waals surface area contributed by atoms with Crippen LogP contribution in [0, 0.1) is 11.8 Å². The lowest BCUT2D eigenvalue weighted by Gasteiger charge is -2.47. The van der Waals surface area contributed by atoms with Gasteiger partial charge in [0.05, 0.1) is 34.6 Å². The highest BCUT2D eigenvalue weighted by molar-refractivity contribution is 7.98. The van der Waals surface area contributed by atoms with Crippen molar-refractivity contribution >= 4 is 51.3 Å². The largest absolute Gasteiger partial charge is 1.00 e. The van der Waals surface area contributed by atoms with Gasteiger partial charge in [0.2, 0.25) is 15.8 Å². The van der Waals surface area contributed by atoms with E-state index >= 15 is 0 Å². The van der Waals surface area contributed by atoms with Crippen molar-refractivity contribution in [1.82, 2.24) is 9.30 Å². The molecule has 2 amide bonds. The summed E-state index contributed by atoms with van der Waals surface area (Å²) in [7, 11) is 0. The Labute approximate surface area is 266 Å². The highest BCUT2D eigenvalue weighted by Gasteiger charge is 2.59. The van der Waals surface area contributed by atoms with E-state index in [1.807, 2.05) is 53.0 Å². The maximum absolute atomic E-state index is 12.7. The fraction of sp³-hybridized carbons (Fsp3) is 0.300. The van der Waals surface area contributed by atoms with Crippen LogP contribution in [0.15, 0.2) is 72.0 Å². The Kier molecular flexibility index (Phi) is 8.54. The minimum Gasteiger partial charge on any atom is -1.00 e. The summed E-state index contributed by atoms with van der Waals surface area (Å²) in [6.07, 6.45) is 8.70. The molecular formula is C30H30BrN5O5S2. The third-order valence-electron chi connectivity index (χ3n) is 8.08. The zero-order chi connectivity index (χ0) is 29.9. The average Bonchev–Trinajstić information content (AvgIpc) is 3.55. The molecule has 3 N–H and O–H groups in total. The lowest BCUT2D eigenvalue weighted by atomic mass is 9.77. The van der Waals surface area contributed by atoms with Crippen molar-refractivity contribution in [3.63, 3.8) is 0 Å². The maximum Gasteiger partial charge on any atom is 0.254 e. The number of carboxylic acids is 1. The van der Waals surface area contributed by atoms with Crippen LogP contribution in [-0.2, 0) is 22.7 Å². The van der Waals surface area contributed by atoms with E-state index in [1.54, 1.807) is 37.0 Å². The first-order valence-electron chi connectivity index (χ1n) is 13.5. The number of nitrogens with zero attached hydrogens (tertiary/aromatic N) is 4. The lowest BCUT2D eigenvalue weighted by molar-refractivity contribution is -0.721. The molecule has 13 heteroatoms. The number of imidazole rings is 1. The van der Waals surface area contributed by atoms with E-state index in [1.165, 1.54) is 16.2 Å². The Morgan fingerprint density at radius 3 is 2.58 bits per heavy atom. The topological polar surface area (TPSA) is 136 Å². The minimum atomic E-state index is -1.38. The number of fused-ring (bicyclic) bond motifs is 2. The number of aliphatic carboxylic acids is 1. The summed E-state index contributed by atoms with van der Waals surface area (Å²) in [4.78, 5) is 39.5. The van der Waals surface area contributed by atoms with E-state index in [9.17, 15) is 24.6 Å². The number of thiazole rings is 1. The molecule has 1 aromatic carbocycles. The number of primary amides is 1. The van der Waals surface area contributed by atoms with Gasteiger partial charge in [0.15, 0.2) is 18.9 Å². The molecule has 3 aromatic heterocycles. The van der Waals surface area contributed by atoms with Gasteiger partial charge in [-0.15, -0.1) is 0 Å². The summed E-state index contributed by atoms with van der Waals surface area (Å²) in [5.41, 5.74) is 8.57. The number of carbonyl (C=O) groups is 3. The Morgan fingerprint density at radius 2 is 1.93 bits per heavy atom. The van der Waals surface area contributed by atoms with Crippen LogP contribution in [-0.4, -0.2) is 50.6 Å². The molecule has 5 heterocycles. The summed E-state index contributed by atoms with van der Waals surface area (Å²) >= 11 is 3.09. The second-order valence-corrected chi connectivity index (χ2v) is 12.6. The number of amides is 2. The molecule has 0 unspecified atom stereocenters. The molecule has 224 valence electrons. The second-order valence-electron chi connectivity index (χ2n) is 10.8. The Bertz CT molecular complexity index is 1800. The Morgan fingerprint density at radius 1 is 1.21 bits per heavy atom. The van der Waals surface area contributed by atoms with E-state index in [-0.39, 0.29) is 34.5 Å². The van der Waals surface area contributed by atoms with Gasteiger partial charge in [-0.25, -0.2) is 4.57 Å². The number of benzene rings is 1. The number of thioether (sulfide) groups is 1. The van der Waals surface area contributed by atoms with Crippen molar-refractivity contribution in [2.24, 2.45) is 17.6 Å². The summed E-state index contributed by atoms with van der Waals surface area (Å²) in [5.74, 6) is -3.10. The average molecular weight is 685 g/mol. The number of carbonyl (C=O) groups excluding carboxylic acids is 3. The van der Waals surface area contributed by atoms with Crippen LogP contribution in [0.25, 0.3) is 10.4 Å². The molecule has 4 atom stereocenters. The van der Waals surface area contributed by atoms with E-state index in [4.69, 9.17) is 5.73 Å². The van der Waals surface area contributed by atoms with Crippen molar-refractivity contribution in [2.75, 3.05) is 6.26 Å². The fourth-order valence-electron chi connectivity index (χ4n) is 6.26. The van der Waals surface area contributed by atoms with Crippen LogP contribution in [0.3, 0.4) is 0 Å². The molecule has 2 aliphatic rings. The highest BCUT2D eigenvalue weighted by Crippen LogP contribution is 2.51. The molecule has 4 aromatic rings. The zero-order valence-corrected chi connectivity index (χ0v) is 26.9. The molecule has 10 nitrogen and oxygen atoms in total. The normalized spacial score (nSPS) is 20.1.